The number of nitro groups is 3. The highest BCUT2D eigenvalue weighted by Crippen LogP contribution is 2.66. The molecule has 0 unspecified atom stereocenters. The zero-order valence-electron chi connectivity index (χ0n) is 35.0. The number of benzene rings is 9. The fraction of sp³-hybridized carbons (Fsp3) is 0.0588. The second kappa shape index (κ2) is 17.0. The molecule has 0 aliphatic rings. The van der Waals surface area contributed by atoms with Gasteiger partial charge in [-0.25, -0.2) is 4.57 Å². The Labute approximate surface area is 375 Å². The zero-order valence-corrected chi connectivity index (χ0v) is 36.7. The lowest BCUT2D eigenvalue weighted by Crippen LogP contribution is -2.03. The average molecular weight is 898 g/mol. The summed E-state index contributed by atoms with van der Waals surface area (Å²) in [5.74, 6) is -0.0269. The van der Waals surface area contributed by atoms with E-state index in [-0.39, 0.29) is 39.7 Å². The van der Waals surface area contributed by atoms with Gasteiger partial charge in [-0.1, -0.05) is 109 Å². The van der Waals surface area contributed by atoms with Gasteiger partial charge in [0.05, 0.1) is 14.8 Å². The van der Waals surface area contributed by atoms with Gasteiger partial charge in [0.1, 0.15) is 11.5 Å². The molecular formula is C51H36N3O9PS. The molecule has 0 aliphatic carbocycles. The molecule has 9 rings (SSSR count). The fourth-order valence-electron chi connectivity index (χ4n) is 8.35. The van der Waals surface area contributed by atoms with Crippen molar-refractivity contribution in [2.75, 3.05) is 0 Å². The summed E-state index contributed by atoms with van der Waals surface area (Å²) in [5, 5.41) is 41.9. The summed E-state index contributed by atoms with van der Waals surface area (Å²) in [5.41, 5.74) is 4.38. The number of aryl methyl sites for hydroxylation is 3. The number of nitrogens with zero attached hydrogens (tertiary/aromatic N) is 3. The normalized spacial score (nSPS) is 11.5. The van der Waals surface area contributed by atoms with E-state index in [0.717, 1.165) is 49.0 Å². The molecule has 0 saturated carbocycles. The molecule has 0 heterocycles. The molecule has 0 amide bonds. The van der Waals surface area contributed by atoms with Crippen LogP contribution >= 0.6 is 18.2 Å². The third-order valence-electron chi connectivity index (χ3n) is 11.4. The molecule has 0 spiro atoms. The van der Waals surface area contributed by atoms with Gasteiger partial charge in [-0.2, -0.15) is 0 Å². The van der Waals surface area contributed by atoms with E-state index >= 15 is 4.57 Å². The Morgan fingerprint density at radius 3 is 1.15 bits per heavy atom. The number of hydrogen-bond donors (Lipinski definition) is 0. The van der Waals surface area contributed by atoms with E-state index in [9.17, 15) is 30.3 Å². The summed E-state index contributed by atoms with van der Waals surface area (Å²) in [7, 11) is 0. The second-order valence-electron chi connectivity index (χ2n) is 15.5. The minimum atomic E-state index is -4.76. The molecule has 0 bridgehead atoms. The summed E-state index contributed by atoms with van der Waals surface area (Å²) in [6.45, 7) is 0.842. The molecule has 0 aromatic heterocycles. The maximum atomic E-state index is 16.3. The highest BCUT2D eigenvalue weighted by molar-refractivity contribution is 8.55. The lowest BCUT2D eigenvalue weighted by molar-refractivity contribution is -0.385. The lowest BCUT2D eigenvalue weighted by atomic mass is 9.93. The quantitative estimate of drug-likeness (QED) is 0.0654. The van der Waals surface area contributed by atoms with Crippen LogP contribution in [0.2, 0.25) is 0 Å². The average Bonchev–Trinajstić information content (AvgIpc) is 3.29. The maximum Gasteiger partial charge on any atom is 0.497 e. The van der Waals surface area contributed by atoms with Crippen molar-refractivity contribution in [2.24, 2.45) is 0 Å². The van der Waals surface area contributed by atoms with E-state index < -0.39 is 21.6 Å². The Bertz CT molecular complexity index is 3140. The second-order valence-corrected chi connectivity index (χ2v) is 19.2. The van der Waals surface area contributed by atoms with Crippen molar-refractivity contribution in [1.82, 2.24) is 0 Å². The molecule has 0 fully saturated rings. The standard InChI is InChI=1S/C51H36N3O9PS/c1-31-16-19-34-10-4-7-13-40(34)49(31)43-28-37(52(55)56)22-25-46(43)62-64(61,63-47-26-23-38(53(57)58)29-44(47)50-32(2)17-20-35-11-5-8-14-41(35)50)65-48-27-24-39(54(59)60)30-45(48)51-33(3)18-21-36-12-6-9-15-42(36)51/h4-30H,1-3H3. The van der Waals surface area contributed by atoms with Gasteiger partial charge in [-0.05, 0) is 105 Å². The molecule has 12 nitrogen and oxygen atoms in total. The van der Waals surface area contributed by atoms with E-state index in [2.05, 4.69) is 0 Å². The van der Waals surface area contributed by atoms with Gasteiger partial charge in [0, 0.05) is 69.4 Å². The van der Waals surface area contributed by atoms with Crippen molar-refractivity contribution >= 4 is 67.6 Å². The molecule has 14 heteroatoms. The Hall–Kier alpha value is -7.86. The smallest absolute Gasteiger partial charge is 0.408 e. The Morgan fingerprint density at radius 1 is 0.431 bits per heavy atom. The van der Waals surface area contributed by atoms with Crippen LogP contribution in [0.1, 0.15) is 16.7 Å². The summed E-state index contributed by atoms with van der Waals surface area (Å²) < 4.78 is 29.7. The van der Waals surface area contributed by atoms with Crippen LogP contribution < -0.4 is 9.05 Å². The molecule has 0 aliphatic heterocycles. The summed E-state index contributed by atoms with van der Waals surface area (Å²) in [6.07, 6.45) is 0. The largest absolute Gasteiger partial charge is 0.497 e. The van der Waals surface area contributed by atoms with Crippen LogP contribution in [0.15, 0.2) is 169 Å². The van der Waals surface area contributed by atoms with E-state index in [1.54, 1.807) is 0 Å². The molecule has 0 saturated heterocycles. The van der Waals surface area contributed by atoms with E-state index in [1.165, 1.54) is 54.6 Å². The molecular weight excluding hydrogens is 862 g/mol. The van der Waals surface area contributed by atoms with Gasteiger partial charge >= 0.3 is 6.80 Å². The third kappa shape index (κ3) is 8.14. The van der Waals surface area contributed by atoms with Gasteiger partial charge in [0.15, 0.2) is 0 Å². The molecule has 320 valence electrons. The van der Waals surface area contributed by atoms with Crippen molar-refractivity contribution in [3.8, 4) is 44.9 Å². The van der Waals surface area contributed by atoms with Crippen LogP contribution in [0.4, 0.5) is 17.1 Å². The fourth-order valence-corrected chi connectivity index (χ4v) is 11.8. The molecule has 0 atom stereocenters. The van der Waals surface area contributed by atoms with Crippen molar-refractivity contribution in [3.63, 3.8) is 0 Å². The van der Waals surface area contributed by atoms with Gasteiger partial charge in [0.2, 0.25) is 0 Å². The first-order chi connectivity index (χ1) is 31.3. The lowest BCUT2D eigenvalue weighted by Gasteiger charge is -2.24. The zero-order chi connectivity index (χ0) is 45.6. The minimum absolute atomic E-state index is 0.0134. The highest BCUT2D eigenvalue weighted by atomic mass is 32.7. The van der Waals surface area contributed by atoms with Crippen molar-refractivity contribution < 1.29 is 28.4 Å². The topological polar surface area (TPSA) is 165 Å². The first-order valence-corrected chi connectivity index (χ1v) is 23.3. The summed E-state index contributed by atoms with van der Waals surface area (Å²) in [6, 6.07) is 46.4. The number of fused-ring (bicyclic) bond motifs is 3. The predicted molar refractivity (Wildman–Crippen MR) is 257 cm³/mol. The van der Waals surface area contributed by atoms with Crippen LogP contribution in [0.25, 0.3) is 65.7 Å². The van der Waals surface area contributed by atoms with Gasteiger partial charge in [-0.15, -0.1) is 0 Å². The Kier molecular flexibility index (Phi) is 11.1. The third-order valence-corrected chi connectivity index (χ3v) is 14.7. The van der Waals surface area contributed by atoms with Crippen molar-refractivity contribution in [3.05, 3.63) is 211 Å². The monoisotopic (exact) mass is 897 g/mol. The predicted octanol–water partition coefficient (Wildman–Crippen LogP) is 15.2. The van der Waals surface area contributed by atoms with Crippen LogP contribution in [0.5, 0.6) is 11.5 Å². The van der Waals surface area contributed by atoms with Crippen molar-refractivity contribution in [1.29, 1.82) is 0 Å². The van der Waals surface area contributed by atoms with E-state index in [4.69, 9.17) is 9.05 Å². The number of rotatable bonds is 12. The van der Waals surface area contributed by atoms with Gasteiger partial charge in [-0.3, -0.25) is 30.3 Å². The minimum Gasteiger partial charge on any atom is -0.408 e. The molecule has 9 aromatic carbocycles. The number of hydrogen-bond acceptors (Lipinski definition) is 10. The van der Waals surface area contributed by atoms with Crippen molar-refractivity contribution in [2.45, 2.75) is 25.7 Å². The number of nitro benzene ring substituents is 3. The first-order valence-electron chi connectivity index (χ1n) is 20.3. The molecule has 0 radical (unpaired) electrons. The summed E-state index contributed by atoms with van der Waals surface area (Å²) in [4.78, 5) is 35.8. The Balaban J connectivity index is 1.30. The van der Waals surface area contributed by atoms with Gasteiger partial charge in [0.25, 0.3) is 17.1 Å². The highest BCUT2D eigenvalue weighted by Gasteiger charge is 2.36. The van der Waals surface area contributed by atoms with E-state index in [1.807, 2.05) is 130 Å². The van der Waals surface area contributed by atoms with E-state index in [0.29, 0.717) is 38.5 Å². The maximum absolute atomic E-state index is 16.3. The summed E-state index contributed by atoms with van der Waals surface area (Å²) >= 11 is 0.705. The van der Waals surface area contributed by atoms with Crippen LogP contribution in [0.3, 0.4) is 0 Å². The van der Waals surface area contributed by atoms with Crippen LogP contribution in [-0.4, -0.2) is 14.8 Å². The first kappa shape index (κ1) is 42.4. The van der Waals surface area contributed by atoms with Crippen LogP contribution in [0, 0.1) is 51.1 Å². The molecule has 0 N–H and O–H groups in total. The van der Waals surface area contributed by atoms with Crippen LogP contribution in [-0.2, 0) is 4.57 Å². The molecule has 65 heavy (non-hydrogen) atoms. The SMILES string of the molecule is Cc1ccc2ccccc2c1-c1cc([N+](=O)[O-])ccc1OP(=O)(Oc1ccc([N+](=O)[O-])cc1-c1c(C)ccc2ccccc12)Sc1ccc([N+](=O)[O-])cc1-c1c(C)ccc2ccccc12. The van der Waals surface area contributed by atoms with Gasteiger partial charge < -0.3 is 9.05 Å². The number of non-ortho nitro benzene ring substituents is 3. The Morgan fingerprint density at radius 2 is 0.769 bits per heavy atom. The molecule has 9 aromatic rings.